The second kappa shape index (κ2) is 19.5. The number of hydrogen-bond donors (Lipinski definition) is 3. The number of carbonyl (C=O) groups is 1. The van der Waals surface area contributed by atoms with Crippen LogP contribution in [0.2, 0.25) is 0 Å². The highest BCUT2D eigenvalue weighted by molar-refractivity contribution is 7.89. The van der Waals surface area contributed by atoms with Crippen molar-refractivity contribution in [2.45, 2.75) is 68.9 Å². The molecule has 1 fully saturated rings. The van der Waals surface area contributed by atoms with Crippen LogP contribution < -0.4 is 10.0 Å². The van der Waals surface area contributed by atoms with Crippen LogP contribution in [0.25, 0.3) is 11.1 Å². The molecule has 0 radical (unpaired) electrons. The second-order valence-electron chi connectivity index (χ2n) is 15.2. The summed E-state index contributed by atoms with van der Waals surface area (Å²) in [6.45, 7) is 3.63. The molecule has 59 heavy (non-hydrogen) atoms. The summed E-state index contributed by atoms with van der Waals surface area (Å²) in [6, 6.07) is 49.3. The summed E-state index contributed by atoms with van der Waals surface area (Å²) in [7, 11) is -1.85. The molecule has 6 aromatic rings. The van der Waals surface area contributed by atoms with E-state index in [0.29, 0.717) is 6.42 Å². The van der Waals surface area contributed by atoms with Gasteiger partial charge in [-0.2, -0.15) is 4.72 Å². The Kier molecular flexibility index (Phi) is 13.8. The lowest BCUT2D eigenvalue weighted by Crippen LogP contribution is -2.47. The number of hydrogen-bond acceptors (Lipinski definition) is 7. The fourth-order valence-corrected chi connectivity index (χ4v) is 8.55. The van der Waals surface area contributed by atoms with Gasteiger partial charge in [-0.1, -0.05) is 145 Å². The van der Waals surface area contributed by atoms with E-state index in [4.69, 9.17) is 9.47 Å². The molecule has 0 aromatic heterocycles. The molecule has 3 N–H and O–H groups in total. The first-order valence-corrected chi connectivity index (χ1v) is 21.4. The zero-order chi connectivity index (χ0) is 41.2. The summed E-state index contributed by atoms with van der Waals surface area (Å²) < 4.78 is 42.6. The van der Waals surface area contributed by atoms with Crippen molar-refractivity contribution in [2.75, 3.05) is 13.6 Å². The molecule has 4 atom stereocenters. The highest BCUT2D eigenvalue weighted by atomic mass is 32.2. The van der Waals surface area contributed by atoms with Crippen molar-refractivity contribution in [1.29, 1.82) is 0 Å². The number of aliphatic hydroxyl groups is 1. The maximum absolute atomic E-state index is 13.7. The van der Waals surface area contributed by atoms with Crippen LogP contribution in [-0.4, -0.2) is 50.1 Å². The Balaban J connectivity index is 1.03. The minimum Gasteiger partial charge on any atom is -0.392 e. The third kappa shape index (κ3) is 11.4. The molecule has 6 aromatic carbocycles. The Labute approximate surface area is 347 Å². The van der Waals surface area contributed by atoms with Crippen molar-refractivity contribution in [2.24, 2.45) is 0 Å². The smallest absolute Gasteiger partial charge is 0.241 e. The molecule has 1 aliphatic rings. The predicted octanol–water partition coefficient (Wildman–Crippen LogP) is 8.04. The maximum atomic E-state index is 13.7. The summed E-state index contributed by atoms with van der Waals surface area (Å²) in [4.78, 5) is 16.0. The molecule has 0 saturated carbocycles. The number of carbonyl (C=O) groups excluding carboxylic acids is 1. The molecule has 10 heteroatoms. The van der Waals surface area contributed by atoms with Gasteiger partial charge in [0.1, 0.15) is 6.04 Å². The lowest BCUT2D eigenvalue weighted by molar-refractivity contribution is -0.252. The highest BCUT2D eigenvalue weighted by Gasteiger charge is 2.33. The van der Waals surface area contributed by atoms with Crippen LogP contribution in [-0.2, 0) is 50.4 Å². The summed E-state index contributed by atoms with van der Waals surface area (Å²) >= 11 is 0. The minimum absolute atomic E-state index is 0.0115. The molecule has 1 saturated heterocycles. The van der Waals surface area contributed by atoms with E-state index >= 15 is 0 Å². The van der Waals surface area contributed by atoms with Crippen molar-refractivity contribution in [3.8, 4) is 11.1 Å². The van der Waals surface area contributed by atoms with E-state index < -0.39 is 28.3 Å². The number of ether oxygens (including phenoxy) is 2. The van der Waals surface area contributed by atoms with Crippen molar-refractivity contribution in [1.82, 2.24) is 14.9 Å². The van der Waals surface area contributed by atoms with Gasteiger partial charge in [0, 0.05) is 31.6 Å². The molecule has 7 rings (SSSR count). The number of likely N-dealkylation sites (N-methyl/N-ethyl adjacent to an activating group) is 1. The molecular formula is C49H51N3O6S. The number of benzene rings is 6. The number of nitrogens with zero attached hydrogens (tertiary/aromatic N) is 1. The minimum atomic E-state index is -3.96. The van der Waals surface area contributed by atoms with Crippen molar-refractivity contribution < 1.29 is 27.8 Å². The van der Waals surface area contributed by atoms with Gasteiger partial charge in [0.05, 0.1) is 23.7 Å². The monoisotopic (exact) mass is 809 g/mol. The zero-order valence-electron chi connectivity index (χ0n) is 33.4. The fourth-order valence-electron chi connectivity index (χ4n) is 7.36. The summed E-state index contributed by atoms with van der Waals surface area (Å²) in [5.74, 6) is -0.418. The van der Waals surface area contributed by atoms with Crippen LogP contribution in [0.3, 0.4) is 0 Å². The van der Waals surface area contributed by atoms with Crippen LogP contribution in [0.15, 0.2) is 163 Å². The van der Waals surface area contributed by atoms with Gasteiger partial charge in [0.2, 0.25) is 15.9 Å². The molecule has 0 unspecified atom stereocenters. The molecule has 1 amide bonds. The van der Waals surface area contributed by atoms with E-state index in [2.05, 4.69) is 46.3 Å². The average Bonchev–Trinajstić information content (AvgIpc) is 3.26. The van der Waals surface area contributed by atoms with Gasteiger partial charge in [-0.05, 0) is 77.5 Å². The van der Waals surface area contributed by atoms with E-state index in [1.807, 2.05) is 116 Å². The lowest BCUT2D eigenvalue weighted by Gasteiger charge is -2.38. The summed E-state index contributed by atoms with van der Waals surface area (Å²) in [5, 5.41) is 12.6. The standard InChI is InChI=1S/C49H51N3O6S/c1-35-16-26-45(27-17-35)59(55,56)51-46(29-36-10-5-3-6-11-36)48(54)50-31-39-14-9-15-43(28-39)40-22-24-42(25-23-40)49-57-44(33-52(2)32-37-12-7-4-8-13-37)30-47(58-49)41-20-18-38(34-53)19-21-41/h3-28,44,46-47,49,51,53H,29-34H2,1-2H3,(H,50,54)/t44-,46-,47+,49+/m1/s1. The number of aliphatic hydroxyl groups excluding tert-OH is 1. The quantitative estimate of drug-likeness (QED) is 0.0907. The maximum Gasteiger partial charge on any atom is 0.241 e. The van der Waals surface area contributed by atoms with Crippen LogP contribution in [0, 0.1) is 6.92 Å². The fraction of sp³-hybridized carbons (Fsp3) is 0.245. The molecule has 1 aliphatic heterocycles. The van der Waals surface area contributed by atoms with Crippen molar-refractivity contribution in [3.05, 3.63) is 197 Å². The lowest BCUT2D eigenvalue weighted by atomic mass is 9.99. The van der Waals surface area contributed by atoms with Gasteiger partial charge in [0.15, 0.2) is 6.29 Å². The van der Waals surface area contributed by atoms with Gasteiger partial charge in [0.25, 0.3) is 0 Å². The average molecular weight is 810 g/mol. The van der Waals surface area contributed by atoms with Crippen LogP contribution in [0.4, 0.5) is 0 Å². The topological polar surface area (TPSA) is 117 Å². The third-order valence-electron chi connectivity index (χ3n) is 10.6. The van der Waals surface area contributed by atoms with E-state index in [0.717, 1.165) is 57.6 Å². The first-order chi connectivity index (χ1) is 28.6. The molecule has 0 aliphatic carbocycles. The number of aryl methyl sites for hydroxylation is 1. The largest absolute Gasteiger partial charge is 0.392 e. The third-order valence-corrected chi connectivity index (χ3v) is 12.1. The number of sulfonamides is 1. The van der Waals surface area contributed by atoms with Crippen molar-refractivity contribution in [3.63, 3.8) is 0 Å². The van der Waals surface area contributed by atoms with E-state index in [9.17, 15) is 18.3 Å². The first kappa shape index (κ1) is 41.7. The summed E-state index contributed by atoms with van der Waals surface area (Å²) in [5.41, 5.74) is 8.65. The molecular weight excluding hydrogens is 759 g/mol. The van der Waals surface area contributed by atoms with Gasteiger partial charge >= 0.3 is 0 Å². The Bertz CT molecular complexity index is 2380. The van der Waals surface area contributed by atoms with Crippen LogP contribution in [0.5, 0.6) is 0 Å². The number of nitrogens with one attached hydrogen (secondary N) is 2. The molecule has 304 valence electrons. The second-order valence-corrected chi connectivity index (χ2v) is 17.0. The Morgan fingerprint density at radius 1 is 0.729 bits per heavy atom. The molecule has 9 nitrogen and oxygen atoms in total. The van der Waals surface area contributed by atoms with E-state index in [-0.39, 0.29) is 36.7 Å². The molecule has 0 spiro atoms. The van der Waals surface area contributed by atoms with Gasteiger partial charge in [-0.3, -0.25) is 9.69 Å². The first-order valence-electron chi connectivity index (χ1n) is 19.9. The number of rotatable bonds is 16. The van der Waals surface area contributed by atoms with Gasteiger partial charge in [-0.25, -0.2) is 8.42 Å². The van der Waals surface area contributed by atoms with E-state index in [1.165, 1.54) is 5.56 Å². The Morgan fingerprint density at radius 3 is 2.05 bits per heavy atom. The highest BCUT2D eigenvalue weighted by Crippen LogP contribution is 2.39. The van der Waals surface area contributed by atoms with Gasteiger partial charge < -0.3 is 19.9 Å². The van der Waals surface area contributed by atoms with E-state index in [1.54, 1.807) is 24.3 Å². The molecule has 1 heterocycles. The summed E-state index contributed by atoms with van der Waals surface area (Å²) in [6.07, 6.45) is 0.0427. The van der Waals surface area contributed by atoms with Crippen LogP contribution in [0.1, 0.15) is 57.8 Å². The zero-order valence-corrected chi connectivity index (χ0v) is 34.2. The SMILES string of the molecule is Cc1ccc(S(=O)(=O)N[C@H](Cc2ccccc2)C(=O)NCc2cccc(-c3ccc([C@H]4O[C@@H](CN(C)Cc5ccccc5)C[C@@H](c5ccc(CO)cc5)O4)cc3)c2)cc1. The Hall–Kier alpha value is -5.46. The van der Waals surface area contributed by atoms with Gasteiger partial charge in [-0.15, -0.1) is 0 Å². The molecule has 0 bridgehead atoms. The number of amides is 1. The van der Waals surface area contributed by atoms with Crippen LogP contribution >= 0.6 is 0 Å². The Morgan fingerprint density at radius 2 is 1.37 bits per heavy atom. The predicted molar refractivity (Wildman–Crippen MR) is 230 cm³/mol. The van der Waals surface area contributed by atoms with Crippen molar-refractivity contribution >= 4 is 15.9 Å². The normalized spacial score (nSPS) is 17.4.